The van der Waals surface area contributed by atoms with Crippen LogP contribution in [0.1, 0.15) is 25.2 Å². The SMILES string of the molecule is C[C@@H]1CN[C@H](c2nc(Br)c3c(N)nccn23)C1. The van der Waals surface area contributed by atoms with Gasteiger partial charge in [-0.2, -0.15) is 0 Å². The summed E-state index contributed by atoms with van der Waals surface area (Å²) in [5.41, 5.74) is 6.72. The van der Waals surface area contributed by atoms with Gasteiger partial charge in [0.25, 0.3) is 0 Å². The van der Waals surface area contributed by atoms with Crippen LogP contribution in [0.25, 0.3) is 5.52 Å². The lowest BCUT2D eigenvalue weighted by molar-refractivity contribution is 0.579. The van der Waals surface area contributed by atoms with E-state index in [1.807, 2.05) is 10.6 Å². The summed E-state index contributed by atoms with van der Waals surface area (Å²) in [5.74, 6) is 2.19. The molecule has 0 aromatic carbocycles. The number of hydrogen-bond donors (Lipinski definition) is 2. The van der Waals surface area contributed by atoms with Crippen LogP contribution in [0.5, 0.6) is 0 Å². The summed E-state index contributed by atoms with van der Waals surface area (Å²) in [6.07, 6.45) is 4.72. The van der Waals surface area contributed by atoms with E-state index >= 15 is 0 Å². The first-order valence-electron chi connectivity index (χ1n) is 5.68. The average molecular weight is 296 g/mol. The van der Waals surface area contributed by atoms with E-state index in [1.54, 1.807) is 6.20 Å². The summed E-state index contributed by atoms with van der Waals surface area (Å²) in [6, 6.07) is 0.297. The fourth-order valence-corrected chi connectivity index (χ4v) is 2.97. The zero-order valence-corrected chi connectivity index (χ0v) is 11.1. The van der Waals surface area contributed by atoms with Crippen molar-refractivity contribution in [3.05, 3.63) is 22.8 Å². The van der Waals surface area contributed by atoms with Crippen molar-refractivity contribution in [3.63, 3.8) is 0 Å². The third kappa shape index (κ3) is 1.71. The van der Waals surface area contributed by atoms with Gasteiger partial charge in [-0.05, 0) is 34.8 Å². The second-order valence-electron chi connectivity index (χ2n) is 4.59. The molecule has 2 atom stereocenters. The Kier molecular flexibility index (Phi) is 2.56. The van der Waals surface area contributed by atoms with Gasteiger partial charge < -0.3 is 11.1 Å². The lowest BCUT2D eigenvalue weighted by atomic mass is 10.1. The number of nitrogens with zero attached hydrogens (tertiary/aromatic N) is 3. The quantitative estimate of drug-likeness (QED) is 0.841. The molecule has 1 aliphatic heterocycles. The van der Waals surface area contributed by atoms with Crippen LogP contribution in [0, 0.1) is 5.92 Å². The van der Waals surface area contributed by atoms with Gasteiger partial charge in [-0.15, -0.1) is 0 Å². The second kappa shape index (κ2) is 3.96. The maximum absolute atomic E-state index is 5.87. The number of halogens is 1. The van der Waals surface area contributed by atoms with E-state index in [0.717, 1.165) is 28.9 Å². The largest absolute Gasteiger partial charge is 0.382 e. The first-order chi connectivity index (χ1) is 8.16. The molecule has 3 N–H and O–H groups in total. The number of anilines is 1. The van der Waals surface area contributed by atoms with Crippen LogP contribution in [-0.4, -0.2) is 20.9 Å². The van der Waals surface area contributed by atoms with E-state index < -0.39 is 0 Å². The first kappa shape index (κ1) is 11.0. The van der Waals surface area contributed by atoms with E-state index in [2.05, 4.69) is 38.1 Å². The molecule has 0 spiro atoms. The fraction of sp³-hybridized carbons (Fsp3) is 0.455. The summed E-state index contributed by atoms with van der Waals surface area (Å²) in [7, 11) is 0. The van der Waals surface area contributed by atoms with Crippen molar-refractivity contribution in [3.8, 4) is 0 Å². The van der Waals surface area contributed by atoms with Crippen molar-refractivity contribution in [1.82, 2.24) is 19.7 Å². The van der Waals surface area contributed by atoms with Crippen molar-refractivity contribution in [1.29, 1.82) is 0 Å². The lowest BCUT2D eigenvalue weighted by Gasteiger charge is -2.09. The molecule has 6 heteroatoms. The van der Waals surface area contributed by atoms with Gasteiger partial charge >= 0.3 is 0 Å². The van der Waals surface area contributed by atoms with Gasteiger partial charge in [-0.25, -0.2) is 9.97 Å². The van der Waals surface area contributed by atoms with E-state index in [0.29, 0.717) is 17.8 Å². The minimum Gasteiger partial charge on any atom is -0.382 e. The van der Waals surface area contributed by atoms with Gasteiger partial charge in [0.1, 0.15) is 15.9 Å². The molecule has 1 aliphatic rings. The minimum atomic E-state index is 0.297. The van der Waals surface area contributed by atoms with Gasteiger partial charge in [0.15, 0.2) is 5.82 Å². The standard InChI is InChI=1S/C11H14BrN5/c1-6-4-7(15-5-6)11-16-9(12)8-10(13)14-2-3-17(8)11/h2-3,6-7,15H,4-5H2,1H3,(H2,13,14)/t6-,7-/m0/s1. The van der Waals surface area contributed by atoms with Crippen LogP contribution in [0.4, 0.5) is 5.82 Å². The predicted molar refractivity (Wildman–Crippen MR) is 69.6 cm³/mol. The van der Waals surface area contributed by atoms with Crippen LogP contribution >= 0.6 is 15.9 Å². The molecule has 5 nitrogen and oxygen atoms in total. The van der Waals surface area contributed by atoms with E-state index in [1.165, 1.54) is 0 Å². The fourth-order valence-electron chi connectivity index (χ4n) is 2.40. The topological polar surface area (TPSA) is 68.2 Å². The average Bonchev–Trinajstić information content (AvgIpc) is 2.84. The molecule has 2 aromatic heterocycles. The number of aromatic nitrogens is 3. The van der Waals surface area contributed by atoms with E-state index in [-0.39, 0.29) is 0 Å². The van der Waals surface area contributed by atoms with Crippen molar-refractivity contribution in [2.75, 3.05) is 12.3 Å². The van der Waals surface area contributed by atoms with Crippen LogP contribution in [0.15, 0.2) is 17.0 Å². The molecule has 3 heterocycles. The number of nitrogens with one attached hydrogen (secondary N) is 1. The van der Waals surface area contributed by atoms with Crippen molar-refractivity contribution >= 4 is 27.3 Å². The summed E-state index contributed by atoms with van der Waals surface area (Å²) < 4.78 is 2.78. The molecular weight excluding hydrogens is 282 g/mol. The molecule has 17 heavy (non-hydrogen) atoms. The Labute approximate surface area is 108 Å². The summed E-state index contributed by atoms with van der Waals surface area (Å²) in [5, 5.41) is 3.48. The maximum atomic E-state index is 5.87. The van der Waals surface area contributed by atoms with Crippen molar-refractivity contribution in [2.24, 2.45) is 5.92 Å². The molecule has 0 saturated carbocycles. The number of fused-ring (bicyclic) bond motifs is 1. The normalized spacial score (nSPS) is 24.6. The van der Waals surface area contributed by atoms with Gasteiger partial charge in [0.2, 0.25) is 0 Å². The third-order valence-electron chi connectivity index (χ3n) is 3.23. The molecule has 2 aromatic rings. The molecule has 0 aliphatic carbocycles. The maximum Gasteiger partial charge on any atom is 0.150 e. The third-order valence-corrected chi connectivity index (χ3v) is 3.78. The molecule has 3 rings (SSSR count). The van der Waals surface area contributed by atoms with Gasteiger partial charge in [-0.1, -0.05) is 6.92 Å². The van der Waals surface area contributed by atoms with Gasteiger partial charge in [0, 0.05) is 12.4 Å². The van der Waals surface area contributed by atoms with Crippen LogP contribution in [-0.2, 0) is 0 Å². The Morgan fingerprint density at radius 2 is 2.41 bits per heavy atom. The highest BCUT2D eigenvalue weighted by atomic mass is 79.9. The summed E-state index contributed by atoms with van der Waals surface area (Å²) in [4.78, 5) is 8.65. The second-order valence-corrected chi connectivity index (χ2v) is 5.34. The van der Waals surface area contributed by atoms with Crippen LogP contribution in [0.3, 0.4) is 0 Å². The molecule has 0 bridgehead atoms. The van der Waals surface area contributed by atoms with Gasteiger partial charge in [0.05, 0.1) is 6.04 Å². The zero-order valence-electron chi connectivity index (χ0n) is 9.52. The van der Waals surface area contributed by atoms with Crippen molar-refractivity contribution in [2.45, 2.75) is 19.4 Å². The number of imidazole rings is 1. The Bertz CT molecular complexity index is 564. The molecule has 0 unspecified atom stereocenters. The molecular formula is C11H14BrN5. The van der Waals surface area contributed by atoms with Crippen LogP contribution in [0.2, 0.25) is 0 Å². The lowest BCUT2D eigenvalue weighted by Crippen LogP contribution is -2.16. The Morgan fingerprint density at radius 1 is 1.59 bits per heavy atom. The zero-order chi connectivity index (χ0) is 12.0. The number of nitrogens with two attached hydrogens (primary N) is 1. The minimum absolute atomic E-state index is 0.297. The highest BCUT2D eigenvalue weighted by Gasteiger charge is 2.26. The summed E-state index contributed by atoms with van der Waals surface area (Å²) >= 11 is 3.45. The highest BCUT2D eigenvalue weighted by Crippen LogP contribution is 2.30. The Balaban J connectivity index is 2.14. The monoisotopic (exact) mass is 295 g/mol. The summed E-state index contributed by atoms with van der Waals surface area (Å²) in [6.45, 7) is 3.28. The number of hydrogen-bond acceptors (Lipinski definition) is 4. The molecule has 1 saturated heterocycles. The molecule has 0 amide bonds. The molecule has 90 valence electrons. The van der Waals surface area contributed by atoms with E-state index in [4.69, 9.17) is 5.73 Å². The number of nitrogen functional groups attached to an aromatic ring is 1. The van der Waals surface area contributed by atoms with E-state index in [9.17, 15) is 0 Å². The van der Waals surface area contributed by atoms with Gasteiger partial charge in [-0.3, -0.25) is 4.40 Å². The molecule has 1 fully saturated rings. The van der Waals surface area contributed by atoms with Crippen molar-refractivity contribution < 1.29 is 0 Å². The van der Waals surface area contributed by atoms with Crippen LogP contribution < -0.4 is 11.1 Å². The smallest absolute Gasteiger partial charge is 0.150 e. The molecule has 0 radical (unpaired) electrons. The Hall–Kier alpha value is -1.14. The first-order valence-corrected chi connectivity index (χ1v) is 6.47. The number of rotatable bonds is 1. The highest BCUT2D eigenvalue weighted by molar-refractivity contribution is 9.10. The Morgan fingerprint density at radius 3 is 3.12 bits per heavy atom. The predicted octanol–water partition coefficient (Wildman–Crippen LogP) is 1.74.